The third-order valence-corrected chi connectivity index (χ3v) is 6.59. The maximum absolute atomic E-state index is 13.4. The second kappa shape index (κ2) is 8.92. The fourth-order valence-electron chi connectivity index (χ4n) is 4.97. The van der Waals surface area contributed by atoms with Crippen molar-refractivity contribution in [1.29, 1.82) is 0 Å². The highest BCUT2D eigenvalue weighted by Crippen LogP contribution is 2.41. The Morgan fingerprint density at radius 3 is 2.78 bits per heavy atom. The van der Waals surface area contributed by atoms with Gasteiger partial charge < -0.3 is 14.8 Å². The van der Waals surface area contributed by atoms with Gasteiger partial charge in [0.05, 0.1) is 11.4 Å². The molecule has 1 aromatic carbocycles. The van der Waals surface area contributed by atoms with E-state index in [1.54, 1.807) is 0 Å². The lowest BCUT2D eigenvalue weighted by molar-refractivity contribution is -0.131. The molecule has 2 atom stereocenters. The summed E-state index contributed by atoms with van der Waals surface area (Å²) in [6.07, 6.45) is 7.01. The normalized spacial score (nSPS) is 20.1. The number of amides is 3. The smallest absolute Gasteiger partial charge is 0.324 e. The minimum Gasteiger partial charge on any atom is -0.336 e. The zero-order chi connectivity index (χ0) is 23.0. The Balaban J connectivity index is 1.64. The van der Waals surface area contributed by atoms with Crippen LogP contribution in [0.3, 0.4) is 0 Å². The number of hydrogen-bond acceptors (Lipinski definition) is 4. The molecule has 1 aliphatic carbocycles. The number of fused-ring (bicyclic) bond motifs is 2. The number of imide groups is 1. The Kier molecular flexibility index (Phi) is 6.22. The van der Waals surface area contributed by atoms with E-state index in [0.717, 1.165) is 18.5 Å². The summed E-state index contributed by atoms with van der Waals surface area (Å²) in [5.74, 6) is -0.501. The largest absolute Gasteiger partial charge is 0.336 e. The number of aromatic nitrogens is 1. The summed E-state index contributed by atoms with van der Waals surface area (Å²) in [6, 6.07) is 6.22. The van der Waals surface area contributed by atoms with Gasteiger partial charge in [0.1, 0.15) is 0 Å². The number of carbonyl (C=O) groups excluding carboxylic acids is 2. The molecule has 0 fully saturated rings. The van der Waals surface area contributed by atoms with Crippen LogP contribution >= 0.6 is 0 Å². The molecule has 7 nitrogen and oxygen atoms in total. The second-order valence-corrected chi connectivity index (χ2v) is 8.95. The number of benzene rings is 1. The van der Waals surface area contributed by atoms with Crippen molar-refractivity contribution in [3.8, 4) is 0 Å². The van der Waals surface area contributed by atoms with Gasteiger partial charge >= 0.3 is 6.03 Å². The summed E-state index contributed by atoms with van der Waals surface area (Å²) in [5, 5.41) is 4.11. The Bertz CT molecular complexity index is 1080. The van der Waals surface area contributed by atoms with E-state index in [1.165, 1.54) is 27.0 Å². The van der Waals surface area contributed by atoms with Crippen LogP contribution in [-0.4, -0.2) is 84.6 Å². The highest BCUT2D eigenvalue weighted by Gasteiger charge is 2.37. The highest BCUT2D eigenvalue weighted by atomic mass is 16.2. The van der Waals surface area contributed by atoms with E-state index in [0.29, 0.717) is 19.6 Å². The standard InChI is InChI=1S/C25H33N5O2/c1-6-29-16-17-14-22-20(19-9-8-10-21(29)23(17)19)13-18(15-28(22)5)24(31)30(7-2)25(32)26-11-12-27(3)4/h6,8-10,13,16,18,22H,1,7,11-12,14-15H2,2-5H3,(H,26,32)/t18-,22-/m1/s1. The Hall–Kier alpha value is -2.90. The fraction of sp³-hybridized carbons (Fsp3) is 0.440. The molecule has 1 aliphatic heterocycles. The molecule has 170 valence electrons. The van der Waals surface area contributed by atoms with Crippen LogP contribution in [0.5, 0.6) is 0 Å². The topological polar surface area (TPSA) is 60.8 Å². The summed E-state index contributed by atoms with van der Waals surface area (Å²) in [7, 11) is 5.98. The number of nitrogens with one attached hydrogen (secondary N) is 1. The zero-order valence-corrected chi connectivity index (χ0v) is 19.5. The van der Waals surface area contributed by atoms with Gasteiger partial charge in [-0.3, -0.25) is 14.6 Å². The van der Waals surface area contributed by atoms with Crippen LogP contribution in [-0.2, 0) is 11.2 Å². The number of hydrogen-bond donors (Lipinski definition) is 1. The van der Waals surface area contributed by atoms with Crippen molar-refractivity contribution < 1.29 is 9.59 Å². The molecule has 4 rings (SSSR count). The first-order chi connectivity index (χ1) is 15.3. The third-order valence-electron chi connectivity index (χ3n) is 6.59. The molecular weight excluding hydrogens is 402 g/mol. The SMILES string of the molecule is C=Cn1cc2c3c(cccc31)C1=C[C@@H](C(=O)N(CC)C(=O)NCCN(C)C)CN(C)[C@@H]1C2. The number of likely N-dealkylation sites (N-methyl/N-ethyl adjacent to an activating group) is 2. The predicted octanol–water partition coefficient (Wildman–Crippen LogP) is 2.73. The Morgan fingerprint density at radius 1 is 1.31 bits per heavy atom. The van der Waals surface area contributed by atoms with Crippen LogP contribution in [0, 0.1) is 5.92 Å². The minimum atomic E-state index is -0.357. The van der Waals surface area contributed by atoms with Crippen LogP contribution in [0.2, 0.25) is 0 Å². The number of carbonyl (C=O) groups is 2. The van der Waals surface area contributed by atoms with Crippen LogP contribution in [0.25, 0.3) is 22.7 Å². The monoisotopic (exact) mass is 435 g/mol. The molecule has 0 radical (unpaired) electrons. The van der Waals surface area contributed by atoms with Crippen molar-refractivity contribution >= 4 is 34.6 Å². The maximum Gasteiger partial charge on any atom is 0.324 e. The average molecular weight is 436 g/mol. The molecule has 7 heteroatoms. The highest BCUT2D eigenvalue weighted by molar-refractivity contribution is 6.02. The van der Waals surface area contributed by atoms with Gasteiger partial charge in [-0.25, -0.2) is 4.79 Å². The first-order valence-electron chi connectivity index (χ1n) is 11.3. The van der Waals surface area contributed by atoms with Crippen LogP contribution in [0.1, 0.15) is 18.1 Å². The maximum atomic E-state index is 13.4. The van der Waals surface area contributed by atoms with Crippen molar-refractivity contribution in [2.75, 3.05) is 47.3 Å². The molecule has 32 heavy (non-hydrogen) atoms. The van der Waals surface area contributed by atoms with Gasteiger partial charge in [0.15, 0.2) is 0 Å². The van der Waals surface area contributed by atoms with Crippen LogP contribution < -0.4 is 5.32 Å². The first-order valence-corrected chi connectivity index (χ1v) is 11.3. The van der Waals surface area contributed by atoms with E-state index in [2.05, 4.69) is 58.9 Å². The molecular formula is C25H33N5O2. The molecule has 0 spiro atoms. The fourth-order valence-corrected chi connectivity index (χ4v) is 4.97. The lowest BCUT2D eigenvalue weighted by Crippen LogP contribution is -2.51. The van der Waals surface area contributed by atoms with Gasteiger partial charge in [0.25, 0.3) is 0 Å². The van der Waals surface area contributed by atoms with E-state index < -0.39 is 0 Å². The number of nitrogens with zero attached hydrogens (tertiary/aromatic N) is 4. The van der Waals surface area contributed by atoms with Crippen molar-refractivity contribution in [2.24, 2.45) is 5.92 Å². The van der Waals surface area contributed by atoms with Crippen molar-refractivity contribution in [3.63, 3.8) is 0 Å². The first kappa shape index (κ1) is 22.3. The summed E-state index contributed by atoms with van der Waals surface area (Å²) >= 11 is 0. The minimum absolute atomic E-state index is 0.144. The summed E-state index contributed by atoms with van der Waals surface area (Å²) < 4.78 is 2.07. The zero-order valence-electron chi connectivity index (χ0n) is 19.5. The van der Waals surface area contributed by atoms with Gasteiger partial charge in [-0.1, -0.05) is 24.8 Å². The van der Waals surface area contributed by atoms with E-state index in [-0.39, 0.29) is 23.9 Å². The summed E-state index contributed by atoms with van der Waals surface area (Å²) in [6.45, 7) is 7.97. The van der Waals surface area contributed by atoms with E-state index in [1.807, 2.05) is 32.1 Å². The summed E-state index contributed by atoms with van der Waals surface area (Å²) in [4.78, 5) is 31.7. The molecule has 2 aliphatic rings. The van der Waals surface area contributed by atoms with Crippen LogP contribution in [0.4, 0.5) is 4.79 Å². The third kappa shape index (κ3) is 3.87. The average Bonchev–Trinajstić information content (AvgIpc) is 3.13. The predicted molar refractivity (Wildman–Crippen MR) is 129 cm³/mol. The molecule has 2 aromatic rings. The van der Waals surface area contributed by atoms with Gasteiger partial charge in [-0.15, -0.1) is 0 Å². The molecule has 0 unspecified atom stereocenters. The lowest BCUT2D eigenvalue weighted by Gasteiger charge is -2.40. The Labute approximate surface area is 189 Å². The quantitative estimate of drug-likeness (QED) is 0.758. The van der Waals surface area contributed by atoms with Gasteiger partial charge in [-0.05, 0) is 57.3 Å². The molecule has 3 amide bonds. The Morgan fingerprint density at radius 2 is 2.09 bits per heavy atom. The molecule has 1 N–H and O–H groups in total. The van der Waals surface area contributed by atoms with Crippen molar-refractivity contribution in [2.45, 2.75) is 19.4 Å². The summed E-state index contributed by atoms with van der Waals surface area (Å²) in [5.41, 5.74) is 4.81. The van der Waals surface area contributed by atoms with Crippen molar-refractivity contribution in [3.05, 3.63) is 48.2 Å². The van der Waals surface area contributed by atoms with Gasteiger partial charge in [0.2, 0.25) is 5.91 Å². The molecule has 0 bridgehead atoms. The molecule has 1 aromatic heterocycles. The van der Waals surface area contributed by atoms with E-state index >= 15 is 0 Å². The van der Waals surface area contributed by atoms with E-state index in [4.69, 9.17) is 0 Å². The van der Waals surface area contributed by atoms with Gasteiger partial charge in [-0.2, -0.15) is 0 Å². The van der Waals surface area contributed by atoms with Crippen molar-refractivity contribution in [1.82, 2.24) is 24.6 Å². The molecule has 0 saturated carbocycles. The van der Waals surface area contributed by atoms with E-state index in [9.17, 15) is 9.59 Å². The van der Waals surface area contributed by atoms with Crippen LogP contribution in [0.15, 0.2) is 37.1 Å². The van der Waals surface area contributed by atoms with Gasteiger partial charge in [0, 0.05) is 50.0 Å². The molecule has 0 saturated heterocycles. The lowest BCUT2D eigenvalue weighted by atomic mass is 9.79. The second-order valence-electron chi connectivity index (χ2n) is 8.95. The molecule has 2 heterocycles. The number of rotatable bonds is 6. The number of urea groups is 1.